The molecule has 0 unspecified atom stereocenters. The Labute approximate surface area is 118 Å². The van der Waals surface area contributed by atoms with E-state index < -0.39 is 0 Å². The molecule has 0 atom stereocenters. The van der Waals surface area contributed by atoms with Gasteiger partial charge in [-0.3, -0.25) is 0 Å². The van der Waals surface area contributed by atoms with Crippen LogP contribution in [-0.2, 0) is 6.42 Å². The van der Waals surface area contributed by atoms with E-state index in [1.54, 1.807) is 0 Å². The SMILES string of the molecule is CCCCN(CCCC)c1ccnc(CC(C)C)n1. The van der Waals surface area contributed by atoms with E-state index in [1.807, 2.05) is 6.20 Å². The molecule has 0 fully saturated rings. The maximum atomic E-state index is 4.73. The van der Waals surface area contributed by atoms with Gasteiger partial charge in [0.05, 0.1) is 0 Å². The van der Waals surface area contributed by atoms with Gasteiger partial charge in [0.2, 0.25) is 0 Å². The minimum Gasteiger partial charge on any atom is -0.357 e. The standard InChI is InChI=1S/C16H29N3/c1-5-7-11-19(12-8-6-2)16-9-10-17-15(18-16)13-14(3)4/h9-10,14H,5-8,11-13H2,1-4H3. The molecule has 0 saturated heterocycles. The van der Waals surface area contributed by atoms with Crippen LogP contribution in [-0.4, -0.2) is 23.1 Å². The average molecular weight is 263 g/mol. The molecule has 1 aromatic rings. The fourth-order valence-electron chi connectivity index (χ4n) is 2.07. The van der Waals surface area contributed by atoms with E-state index in [9.17, 15) is 0 Å². The topological polar surface area (TPSA) is 29.0 Å². The Morgan fingerprint density at radius 2 is 1.74 bits per heavy atom. The minimum atomic E-state index is 0.606. The van der Waals surface area contributed by atoms with Crippen LogP contribution in [0.1, 0.15) is 59.2 Å². The lowest BCUT2D eigenvalue weighted by molar-refractivity contribution is 0.615. The van der Waals surface area contributed by atoms with Crippen molar-refractivity contribution in [3.63, 3.8) is 0 Å². The Morgan fingerprint density at radius 3 is 2.26 bits per heavy atom. The quantitative estimate of drug-likeness (QED) is 0.672. The molecule has 108 valence electrons. The molecule has 0 amide bonds. The molecule has 3 nitrogen and oxygen atoms in total. The predicted molar refractivity (Wildman–Crippen MR) is 82.6 cm³/mol. The summed E-state index contributed by atoms with van der Waals surface area (Å²) in [6.45, 7) is 11.1. The Morgan fingerprint density at radius 1 is 1.11 bits per heavy atom. The van der Waals surface area contributed by atoms with Gasteiger partial charge in [-0.2, -0.15) is 0 Å². The van der Waals surface area contributed by atoms with E-state index in [1.165, 1.54) is 25.7 Å². The summed E-state index contributed by atoms with van der Waals surface area (Å²) in [5.41, 5.74) is 0. The summed E-state index contributed by atoms with van der Waals surface area (Å²) in [4.78, 5) is 11.5. The summed E-state index contributed by atoms with van der Waals surface area (Å²) in [6.07, 6.45) is 7.79. The molecule has 0 bridgehead atoms. The summed E-state index contributed by atoms with van der Waals surface area (Å²) in [7, 11) is 0. The van der Waals surface area contributed by atoms with Crippen molar-refractivity contribution in [2.45, 2.75) is 59.8 Å². The molecule has 0 aliphatic carbocycles. The lowest BCUT2D eigenvalue weighted by Gasteiger charge is -2.23. The highest BCUT2D eigenvalue weighted by Gasteiger charge is 2.09. The van der Waals surface area contributed by atoms with Crippen LogP contribution in [0.5, 0.6) is 0 Å². The summed E-state index contributed by atoms with van der Waals surface area (Å²) >= 11 is 0. The van der Waals surface area contributed by atoms with Crippen molar-refractivity contribution < 1.29 is 0 Å². The number of unbranched alkanes of at least 4 members (excludes halogenated alkanes) is 2. The van der Waals surface area contributed by atoms with E-state index in [-0.39, 0.29) is 0 Å². The Balaban J connectivity index is 2.75. The van der Waals surface area contributed by atoms with Gasteiger partial charge >= 0.3 is 0 Å². The molecule has 1 aromatic heterocycles. The first-order valence-electron chi connectivity index (χ1n) is 7.74. The van der Waals surface area contributed by atoms with Crippen LogP contribution in [0, 0.1) is 5.92 Å². The summed E-state index contributed by atoms with van der Waals surface area (Å²) < 4.78 is 0. The van der Waals surface area contributed by atoms with Crippen LogP contribution < -0.4 is 4.90 Å². The van der Waals surface area contributed by atoms with Crippen molar-refractivity contribution in [3.05, 3.63) is 18.1 Å². The largest absolute Gasteiger partial charge is 0.357 e. The van der Waals surface area contributed by atoms with E-state index in [0.29, 0.717) is 5.92 Å². The molecule has 0 aromatic carbocycles. The third kappa shape index (κ3) is 6.04. The van der Waals surface area contributed by atoms with Crippen molar-refractivity contribution in [2.75, 3.05) is 18.0 Å². The second-order valence-corrected chi connectivity index (χ2v) is 5.62. The second-order valence-electron chi connectivity index (χ2n) is 5.62. The zero-order chi connectivity index (χ0) is 14.1. The number of nitrogens with zero attached hydrogens (tertiary/aromatic N) is 3. The molecule has 0 radical (unpaired) electrons. The van der Waals surface area contributed by atoms with Gasteiger partial charge in [-0.25, -0.2) is 9.97 Å². The predicted octanol–water partition coefficient (Wildman–Crippen LogP) is 4.08. The van der Waals surface area contributed by atoms with E-state index in [0.717, 1.165) is 31.2 Å². The summed E-state index contributed by atoms with van der Waals surface area (Å²) in [5, 5.41) is 0. The molecule has 1 rings (SSSR count). The Hall–Kier alpha value is -1.12. The monoisotopic (exact) mass is 263 g/mol. The highest BCUT2D eigenvalue weighted by atomic mass is 15.2. The number of anilines is 1. The van der Waals surface area contributed by atoms with Gasteiger partial charge in [0.15, 0.2) is 0 Å². The highest BCUT2D eigenvalue weighted by molar-refractivity contribution is 5.37. The van der Waals surface area contributed by atoms with Crippen LogP contribution >= 0.6 is 0 Å². The van der Waals surface area contributed by atoms with Gasteiger partial charge in [0.25, 0.3) is 0 Å². The van der Waals surface area contributed by atoms with Gasteiger partial charge in [-0.1, -0.05) is 40.5 Å². The van der Waals surface area contributed by atoms with Crippen LogP contribution in [0.15, 0.2) is 12.3 Å². The second kappa shape index (κ2) is 8.89. The minimum absolute atomic E-state index is 0.606. The molecule has 1 heterocycles. The zero-order valence-electron chi connectivity index (χ0n) is 13.0. The summed E-state index contributed by atoms with van der Waals surface area (Å²) in [5.74, 6) is 2.69. The average Bonchev–Trinajstić information content (AvgIpc) is 2.38. The van der Waals surface area contributed by atoms with Crippen LogP contribution in [0.25, 0.3) is 0 Å². The maximum Gasteiger partial charge on any atom is 0.132 e. The van der Waals surface area contributed by atoms with Gasteiger partial charge in [-0.05, 0) is 24.8 Å². The molecule has 0 spiro atoms. The molecule has 3 heteroatoms. The lowest BCUT2D eigenvalue weighted by atomic mass is 10.1. The normalized spacial score (nSPS) is 11.0. The number of hydrogen-bond acceptors (Lipinski definition) is 3. The first-order valence-corrected chi connectivity index (χ1v) is 7.74. The van der Waals surface area contributed by atoms with Gasteiger partial charge in [0.1, 0.15) is 11.6 Å². The molecule has 0 N–H and O–H groups in total. The fraction of sp³-hybridized carbons (Fsp3) is 0.750. The Kier molecular flexibility index (Phi) is 7.46. The van der Waals surface area contributed by atoms with Gasteiger partial charge in [-0.15, -0.1) is 0 Å². The molecular weight excluding hydrogens is 234 g/mol. The third-order valence-corrected chi connectivity index (χ3v) is 3.17. The molecule has 0 saturated carbocycles. The maximum absolute atomic E-state index is 4.73. The van der Waals surface area contributed by atoms with Gasteiger partial charge in [0, 0.05) is 25.7 Å². The first-order chi connectivity index (χ1) is 9.17. The van der Waals surface area contributed by atoms with Crippen molar-refractivity contribution >= 4 is 5.82 Å². The van der Waals surface area contributed by atoms with E-state index >= 15 is 0 Å². The lowest BCUT2D eigenvalue weighted by Crippen LogP contribution is -2.27. The first kappa shape index (κ1) is 15.9. The van der Waals surface area contributed by atoms with Crippen LogP contribution in [0.3, 0.4) is 0 Å². The third-order valence-electron chi connectivity index (χ3n) is 3.17. The Bertz CT molecular complexity index is 342. The van der Waals surface area contributed by atoms with Gasteiger partial charge < -0.3 is 4.90 Å². The number of hydrogen-bond donors (Lipinski definition) is 0. The molecular formula is C16H29N3. The van der Waals surface area contributed by atoms with Crippen molar-refractivity contribution in [1.29, 1.82) is 0 Å². The number of rotatable bonds is 9. The van der Waals surface area contributed by atoms with Crippen molar-refractivity contribution in [1.82, 2.24) is 9.97 Å². The number of aromatic nitrogens is 2. The fourth-order valence-corrected chi connectivity index (χ4v) is 2.07. The smallest absolute Gasteiger partial charge is 0.132 e. The summed E-state index contributed by atoms with van der Waals surface area (Å²) in [6, 6.07) is 2.05. The molecule has 0 aliphatic rings. The van der Waals surface area contributed by atoms with Crippen LogP contribution in [0.2, 0.25) is 0 Å². The van der Waals surface area contributed by atoms with E-state index in [2.05, 4.69) is 43.6 Å². The highest BCUT2D eigenvalue weighted by Crippen LogP contribution is 2.14. The molecule has 19 heavy (non-hydrogen) atoms. The van der Waals surface area contributed by atoms with Crippen molar-refractivity contribution in [2.24, 2.45) is 5.92 Å². The zero-order valence-corrected chi connectivity index (χ0v) is 13.0. The van der Waals surface area contributed by atoms with Crippen LogP contribution in [0.4, 0.5) is 5.82 Å². The van der Waals surface area contributed by atoms with E-state index in [4.69, 9.17) is 4.98 Å². The van der Waals surface area contributed by atoms with Crippen molar-refractivity contribution in [3.8, 4) is 0 Å². The molecule has 0 aliphatic heterocycles.